The molecule has 0 saturated heterocycles. The van der Waals surface area contributed by atoms with Gasteiger partial charge in [-0.05, 0) is 108 Å². The summed E-state index contributed by atoms with van der Waals surface area (Å²) < 4.78 is 0. The van der Waals surface area contributed by atoms with Gasteiger partial charge in [0.05, 0.1) is 23.3 Å². The van der Waals surface area contributed by atoms with Gasteiger partial charge in [-0.15, -0.1) is 0 Å². The van der Waals surface area contributed by atoms with Crippen LogP contribution in [-0.4, -0.2) is 86.3 Å². The van der Waals surface area contributed by atoms with E-state index in [1.807, 2.05) is 0 Å². The van der Waals surface area contributed by atoms with Crippen LogP contribution in [0.25, 0.3) is 89.7 Å². The molecule has 12 nitrogen and oxygen atoms in total. The van der Waals surface area contributed by atoms with Crippen molar-refractivity contribution >= 4 is 114 Å². The minimum Gasteiger partial charge on any atom is -0.378 e. The first-order valence-corrected chi connectivity index (χ1v) is 29.2. The van der Waals surface area contributed by atoms with Gasteiger partial charge in [-0.2, -0.15) is 0 Å². The molecule has 0 fully saturated rings. The maximum atomic E-state index is 5.51. The molecule has 0 radical (unpaired) electrons. The van der Waals surface area contributed by atoms with Crippen LogP contribution in [0.3, 0.4) is 0 Å². The van der Waals surface area contributed by atoms with Crippen LogP contribution in [0, 0.1) is 0 Å². The number of anilines is 4. The van der Waals surface area contributed by atoms with E-state index in [0.717, 1.165) is 106 Å². The van der Waals surface area contributed by atoms with Crippen molar-refractivity contribution in [3.8, 4) is 45.6 Å². The molecule has 0 amide bonds. The van der Waals surface area contributed by atoms with Crippen molar-refractivity contribution in [2.45, 2.75) is 39.2 Å². The van der Waals surface area contributed by atoms with E-state index >= 15 is 0 Å². The largest absolute Gasteiger partial charge is 2.00 e. The summed E-state index contributed by atoms with van der Waals surface area (Å²) in [5, 5.41) is 3.40. The second kappa shape index (κ2) is 22.4. The smallest absolute Gasteiger partial charge is 0.378 e. The summed E-state index contributed by atoms with van der Waals surface area (Å²) >= 11 is 6.69. The molecule has 2 aliphatic rings. The van der Waals surface area contributed by atoms with E-state index in [2.05, 4.69) is 246 Å². The fourth-order valence-corrected chi connectivity index (χ4v) is 14.0. The van der Waals surface area contributed by atoms with Crippen molar-refractivity contribution < 1.29 is 19.5 Å². The van der Waals surface area contributed by atoms with Crippen LogP contribution in [0.5, 0.6) is 0 Å². The van der Waals surface area contributed by atoms with Gasteiger partial charge < -0.3 is 49.5 Å². The second-order valence-corrected chi connectivity index (χ2v) is 24.6. The third-order valence-corrected chi connectivity index (χ3v) is 18.1. The standard InChI is InChI=1S/C64H52N12S4.Zn/c1-73(2)37-17-9-21-41(33-37)77-49-29-13-25-45-53(49)61-65-57(45)70-62-55-47(27-15-31-51(55)79-43-23-11-19-39(35-43)75(5)6)59(67-62)72-64-56-48(28-16-32-52(56)80-44-24-12-20-40(36-44)76(7)8)60(68-64)71-63-54-46(58(66-63)69-61)26-14-30-50(54)78-42-22-10-18-38(34-42)74(3)4;/h9-36H,1-8H3;/q-2;+2. The van der Waals surface area contributed by atoms with Gasteiger partial charge in [-0.3, -0.25) is 0 Å². The Morgan fingerprint density at radius 2 is 0.605 bits per heavy atom. The van der Waals surface area contributed by atoms with Gasteiger partial charge in [0.2, 0.25) is 0 Å². The SMILES string of the molecule is CN(C)c1cccc(Sc2cccc3c2-c2nc-3nc3[n-]c(nc4nc(nc5[n-]c(n2)c2cccc(Sc6cccc(N(C)C)c6)c52)-c2cccc(Sc5cccc(N(C)C)c5)c2-4)c2cccc(Sc4cccc(N(C)C)c4)c32)c1.[Zn+2]. The van der Waals surface area contributed by atoms with E-state index in [1.54, 1.807) is 47.0 Å². The first kappa shape index (κ1) is 54.0. The molecular formula is C64H52N12S4Zn. The number of nitrogens with zero attached hydrogens (tertiary/aromatic N) is 12. The summed E-state index contributed by atoms with van der Waals surface area (Å²) in [5.41, 5.74) is 9.80. The van der Waals surface area contributed by atoms with Crippen LogP contribution < -0.4 is 29.6 Å². The van der Waals surface area contributed by atoms with Crippen LogP contribution in [0.4, 0.5) is 22.7 Å². The van der Waals surface area contributed by atoms with E-state index in [4.69, 9.17) is 39.9 Å². The second-order valence-electron chi connectivity index (χ2n) is 20.2. The predicted octanol–water partition coefficient (Wildman–Crippen LogP) is 15.0. The van der Waals surface area contributed by atoms with Gasteiger partial charge in [0.15, 0.2) is 0 Å². The molecule has 5 heterocycles. The Labute approximate surface area is 500 Å². The van der Waals surface area contributed by atoms with Crippen molar-refractivity contribution in [1.82, 2.24) is 39.9 Å². The van der Waals surface area contributed by atoms with E-state index in [1.165, 1.54) is 0 Å². The Hall–Kier alpha value is -7.66. The van der Waals surface area contributed by atoms with Gasteiger partial charge in [0.1, 0.15) is 0 Å². The molecule has 8 bridgehead atoms. The molecule has 3 aromatic heterocycles. The summed E-state index contributed by atoms with van der Waals surface area (Å²) in [6.45, 7) is 0. The zero-order chi connectivity index (χ0) is 54.8. The molecule has 0 saturated carbocycles. The molecule has 13 rings (SSSR count). The Morgan fingerprint density at radius 3 is 0.951 bits per heavy atom. The predicted molar refractivity (Wildman–Crippen MR) is 334 cm³/mol. The van der Waals surface area contributed by atoms with Crippen molar-refractivity contribution in [1.29, 1.82) is 0 Å². The topological polar surface area (TPSA) is 118 Å². The molecule has 11 aromatic rings. The molecule has 0 aliphatic carbocycles. The fraction of sp³-hybridized carbons (Fsp3) is 0.125. The van der Waals surface area contributed by atoms with Crippen molar-refractivity contribution in [3.05, 3.63) is 170 Å². The van der Waals surface area contributed by atoms with Crippen molar-refractivity contribution in [3.63, 3.8) is 0 Å². The summed E-state index contributed by atoms with van der Waals surface area (Å²) in [6, 6.07) is 59.3. The first-order chi connectivity index (χ1) is 38.9. The molecule has 81 heavy (non-hydrogen) atoms. The Kier molecular flexibility index (Phi) is 14.9. The maximum absolute atomic E-state index is 5.51. The molecule has 8 aromatic carbocycles. The number of rotatable bonds is 12. The van der Waals surface area contributed by atoms with E-state index in [0.29, 0.717) is 45.9 Å². The molecule has 0 spiro atoms. The van der Waals surface area contributed by atoms with Gasteiger partial charge in [0, 0.05) is 174 Å². The number of hydrogen-bond acceptors (Lipinski definition) is 14. The molecular weight excluding hydrogens is 1130 g/mol. The van der Waals surface area contributed by atoms with Crippen molar-refractivity contribution in [2.75, 3.05) is 76.0 Å². The van der Waals surface area contributed by atoms with Crippen LogP contribution in [0.1, 0.15) is 0 Å². The number of benzene rings is 8. The van der Waals surface area contributed by atoms with Crippen LogP contribution in [0.2, 0.25) is 0 Å². The van der Waals surface area contributed by atoms with Gasteiger partial charge in [-0.25, -0.2) is 9.97 Å². The van der Waals surface area contributed by atoms with E-state index < -0.39 is 0 Å². The Morgan fingerprint density at radius 1 is 0.309 bits per heavy atom. The first-order valence-electron chi connectivity index (χ1n) is 25.9. The molecule has 0 N–H and O–H groups in total. The number of fused-ring (bicyclic) bond motifs is 20. The van der Waals surface area contributed by atoms with Gasteiger partial charge in [0.25, 0.3) is 0 Å². The third-order valence-electron chi connectivity index (χ3n) is 13.9. The minimum absolute atomic E-state index is 0. The van der Waals surface area contributed by atoms with Crippen molar-refractivity contribution in [2.24, 2.45) is 0 Å². The maximum Gasteiger partial charge on any atom is 2.00 e. The normalized spacial score (nSPS) is 11.6. The zero-order valence-corrected chi connectivity index (χ0v) is 52.1. The Bertz CT molecular complexity index is 4160. The fourth-order valence-electron chi connectivity index (χ4n) is 9.87. The average Bonchev–Trinajstić information content (AvgIpc) is 4.33. The summed E-state index contributed by atoms with van der Waals surface area (Å²) in [7, 11) is 16.5. The quantitative estimate of drug-likeness (QED) is 0.108. The average molecular weight is 1180 g/mol. The molecule has 0 unspecified atom stereocenters. The molecule has 0 atom stereocenters. The van der Waals surface area contributed by atoms with Gasteiger partial charge in [-0.1, -0.05) is 120 Å². The minimum atomic E-state index is 0. The zero-order valence-electron chi connectivity index (χ0n) is 45.9. The Balaban J connectivity index is 0.00000651. The summed E-state index contributed by atoms with van der Waals surface area (Å²) in [6.07, 6.45) is 0. The van der Waals surface area contributed by atoms with Gasteiger partial charge >= 0.3 is 19.5 Å². The molecule has 394 valence electrons. The molecule has 2 aliphatic heterocycles. The summed E-state index contributed by atoms with van der Waals surface area (Å²) in [5.74, 6) is 1.98. The number of hydrogen-bond donors (Lipinski definition) is 0. The van der Waals surface area contributed by atoms with E-state index in [-0.39, 0.29) is 19.5 Å². The van der Waals surface area contributed by atoms with Crippen LogP contribution >= 0.6 is 47.0 Å². The summed E-state index contributed by atoms with van der Waals surface area (Å²) in [4.78, 5) is 60.3. The van der Waals surface area contributed by atoms with Crippen LogP contribution in [-0.2, 0) is 19.5 Å². The van der Waals surface area contributed by atoms with E-state index in [9.17, 15) is 0 Å². The monoisotopic (exact) mass is 1180 g/mol. The number of aromatic nitrogens is 8. The van der Waals surface area contributed by atoms with Crippen LogP contribution in [0.15, 0.2) is 209 Å². The molecule has 17 heteroatoms. The third kappa shape index (κ3) is 10.5.